The minimum absolute atomic E-state index is 0.0471. The van der Waals surface area contributed by atoms with Crippen molar-refractivity contribution in [2.24, 2.45) is 0 Å². The molecule has 684 valence electrons. The van der Waals surface area contributed by atoms with Gasteiger partial charge in [-0.3, -0.25) is 48.3 Å². The van der Waals surface area contributed by atoms with Gasteiger partial charge in [0, 0.05) is 40.9 Å². The van der Waals surface area contributed by atoms with Crippen molar-refractivity contribution in [3.63, 3.8) is 0 Å². The maximum atomic E-state index is 14.4. The first-order valence-corrected chi connectivity index (χ1v) is 46.7. The molecular weight excluding hydrogens is 1860 g/mol. The number of hydrogen-bond donors (Lipinski definition) is 4. The number of amides is 3. The number of fused-ring (bicyclic) bond motifs is 3. The zero-order valence-corrected chi connectivity index (χ0v) is 77.7. The van der Waals surface area contributed by atoms with E-state index in [1.54, 1.807) is 57.2 Å². The first-order valence-electron chi connectivity index (χ1n) is 41.3. The number of carboxylic acid groups (broad SMARTS) is 1. The zero-order chi connectivity index (χ0) is 96.4. The third-order valence-electron chi connectivity index (χ3n) is 22.1. The van der Waals surface area contributed by atoms with E-state index in [9.17, 15) is 71.6 Å². The predicted octanol–water partition coefficient (Wildman–Crippen LogP) is 20.6. The van der Waals surface area contributed by atoms with Gasteiger partial charge in [0.05, 0.1) is 72.9 Å². The molecule has 3 aromatic heterocycles. The monoisotopic (exact) mass is 1940 g/mol. The zero-order valence-electron chi connectivity index (χ0n) is 72.8. The maximum Gasteiger partial charge on any atom is 0.337 e. The molecule has 35 heteroatoms. The minimum Gasteiger partial charge on any atom is -0.507 e. The van der Waals surface area contributed by atoms with Crippen molar-refractivity contribution in [3.05, 3.63) is 372 Å². The number of nitrogens with zero attached hydrogens (tertiary/aromatic N) is 9. The average Bonchev–Trinajstić information content (AvgIpc) is 1.60. The summed E-state index contributed by atoms with van der Waals surface area (Å²) in [5, 5.41) is 74.1. The van der Waals surface area contributed by atoms with Crippen LogP contribution in [0.3, 0.4) is 0 Å². The van der Waals surface area contributed by atoms with Crippen molar-refractivity contribution >= 4 is 193 Å². The molecule has 0 radical (unpaired) electrons. The fraction of sp³-hybridized carbons (Fsp3) is 0.129. The molecule has 26 nitrogen and oxygen atoms in total. The Balaban J connectivity index is 0.000000152. The van der Waals surface area contributed by atoms with E-state index in [2.05, 4.69) is 48.8 Å². The molecule has 3 fully saturated rings. The Hall–Kier alpha value is -15.1. The molecule has 3 atom stereocenters. The lowest BCUT2D eigenvalue weighted by Gasteiger charge is -2.22. The third-order valence-corrected chi connectivity index (χ3v) is 28.4. The van der Waals surface area contributed by atoms with E-state index in [1.807, 2.05) is 109 Å². The Bertz CT molecular complexity index is 6700. The lowest BCUT2D eigenvalue weighted by molar-refractivity contribution is -0.134. The normalized spacial score (nSPS) is 15.8. The number of aliphatic carboxylic acids is 1. The van der Waals surface area contributed by atoms with Crippen molar-refractivity contribution in [1.82, 2.24) is 30.6 Å². The number of halogens is 3. The summed E-state index contributed by atoms with van der Waals surface area (Å²) >= 11 is 7.77. The summed E-state index contributed by atoms with van der Waals surface area (Å²) < 4.78 is 59.4. The quantitative estimate of drug-likeness (QED) is 0.00987. The number of aliphatic hydroxyl groups excluding tert-OH is 3. The summed E-state index contributed by atoms with van der Waals surface area (Å²) in [6.45, 7) is 5.81. The second-order valence-electron chi connectivity index (χ2n) is 30.6. The van der Waals surface area contributed by atoms with Crippen LogP contribution in [-0.4, -0.2) is 131 Å². The molecule has 6 heterocycles. The largest absolute Gasteiger partial charge is 0.507 e. The van der Waals surface area contributed by atoms with Crippen LogP contribution >= 0.6 is 69.3 Å². The Morgan fingerprint density at radius 3 is 0.816 bits per heavy atom. The van der Waals surface area contributed by atoms with Crippen molar-refractivity contribution in [3.8, 4) is 0 Å². The molecule has 3 saturated heterocycles. The van der Waals surface area contributed by atoms with Gasteiger partial charge in [-0.1, -0.05) is 269 Å². The van der Waals surface area contributed by atoms with Gasteiger partial charge >= 0.3 is 35.6 Å². The summed E-state index contributed by atoms with van der Waals surface area (Å²) in [4.78, 5) is 130. The number of ketones is 3. The minimum atomic E-state index is -1.12. The lowest BCUT2D eigenvalue weighted by Crippen LogP contribution is -2.29. The van der Waals surface area contributed by atoms with Crippen LogP contribution in [0.25, 0.3) is 49.6 Å². The highest BCUT2D eigenvalue weighted by Gasteiger charge is 2.52. The van der Waals surface area contributed by atoms with Crippen molar-refractivity contribution in [2.75, 3.05) is 36.0 Å². The number of ether oxygens (including phenoxy) is 3. The third kappa shape index (κ3) is 20.3. The van der Waals surface area contributed by atoms with Crippen LogP contribution in [0.1, 0.15) is 123 Å². The first-order chi connectivity index (χ1) is 65.5. The molecule has 0 saturated carbocycles. The molecule has 136 heavy (non-hydrogen) atoms. The Morgan fingerprint density at radius 1 is 0.338 bits per heavy atom. The molecule has 3 unspecified atom stereocenters. The fourth-order valence-electron chi connectivity index (χ4n) is 15.2. The Kier molecular flexibility index (Phi) is 29.5. The van der Waals surface area contributed by atoms with E-state index in [0.29, 0.717) is 63.7 Å². The van der Waals surface area contributed by atoms with E-state index >= 15 is 0 Å². The molecule has 0 aliphatic carbocycles. The standard InChI is InChI=1S/3C33H24FN3O5S2.C2H4O2/c3*1-18-10-11-22(16-25(18)34)28(38)26-27(20-12-14-21(15-13-20)31(41)42-2)37(30(40)29(26)39)32-35-36-33(44-32)43-17-23-8-5-7-19-6-3-4-9-24(19)23;1-2(3)4/h3*3-16,27,38H,17H2,1-2H3;1H3,(H,3,4)/b3*28-26+;. The summed E-state index contributed by atoms with van der Waals surface area (Å²) in [6, 6.07) is 69.7. The number of aliphatic hydroxyl groups is 3. The number of carboxylic acids is 1. The number of aromatic nitrogens is 6. The number of rotatable bonds is 21. The lowest BCUT2D eigenvalue weighted by atomic mass is 9.94. The number of benzene rings is 12. The number of carbonyl (C=O) groups excluding carboxylic acids is 9. The van der Waals surface area contributed by atoms with E-state index in [4.69, 9.17) is 24.1 Å². The number of thioether (sulfide) groups is 3. The molecular formula is C101H76F3N9O17S6. The van der Waals surface area contributed by atoms with Gasteiger partial charge in [0.15, 0.2) is 13.0 Å². The number of Topliss-reactive ketones (excluding diaryl/α,β-unsaturated/α-hetero) is 3. The second-order valence-corrected chi connectivity index (χ2v) is 37.1. The van der Waals surface area contributed by atoms with Crippen LogP contribution < -0.4 is 14.7 Å². The van der Waals surface area contributed by atoms with Crippen LogP contribution in [-0.2, 0) is 65.0 Å². The van der Waals surface area contributed by atoms with Gasteiger partial charge in [0.1, 0.15) is 34.7 Å². The van der Waals surface area contributed by atoms with Crippen LogP contribution in [0, 0.1) is 38.2 Å². The highest BCUT2D eigenvalue weighted by molar-refractivity contribution is 8.00. The van der Waals surface area contributed by atoms with Crippen LogP contribution in [0.2, 0.25) is 0 Å². The predicted molar refractivity (Wildman–Crippen MR) is 515 cm³/mol. The van der Waals surface area contributed by atoms with Gasteiger partial charge in [-0.25, -0.2) is 27.6 Å². The van der Waals surface area contributed by atoms with Gasteiger partial charge in [-0.2, -0.15) is 0 Å². The number of anilines is 3. The van der Waals surface area contributed by atoms with Crippen LogP contribution in [0.5, 0.6) is 0 Å². The molecule has 0 spiro atoms. The number of hydrogen-bond acceptors (Lipinski definition) is 28. The number of esters is 3. The van der Waals surface area contributed by atoms with E-state index in [-0.39, 0.29) is 65.5 Å². The molecule has 3 amide bonds. The summed E-state index contributed by atoms with van der Waals surface area (Å²) in [6.07, 6.45) is 0. The SMILES string of the molecule is CC(=O)O.COC(=O)c1ccc(C2/C(=C(\O)c3ccc(C)c(F)c3)C(=O)C(=O)N2c2nnc(SCc3cccc4ccccc34)s2)cc1.COC(=O)c1ccc(C2/C(=C(\O)c3ccc(C)c(F)c3)C(=O)C(=O)N2c2nnc(SCc3cccc4ccccc34)s2)cc1.COC(=O)c1ccc(C2/C(=C(\O)c3ccc(C)c(F)c3)C(=O)C(=O)N2c2nnc(SCc3cccc4ccccc34)s2)cc1. The number of aryl methyl sites for hydroxylation is 3. The van der Waals surface area contributed by atoms with Crippen LogP contribution in [0.15, 0.2) is 285 Å². The maximum absolute atomic E-state index is 14.4. The molecule has 4 N–H and O–H groups in total. The molecule has 3 aliphatic rings. The second kappa shape index (κ2) is 42.0. The Morgan fingerprint density at radius 2 is 0.574 bits per heavy atom. The van der Waals surface area contributed by atoms with Gasteiger partial charge in [-0.15, -0.1) is 30.6 Å². The smallest absolute Gasteiger partial charge is 0.337 e. The highest BCUT2D eigenvalue weighted by atomic mass is 32.2. The molecule has 3 aliphatic heterocycles. The fourth-order valence-corrected chi connectivity index (χ4v) is 20.8. The first kappa shape index (κ1) is 95.5. The Labute approximate surface area is 798 Å². The van der Waals surface area contributed by atoms with Crippen LogP contribution in [0.4, 0.5) is 28.6 Å². The van der Waals surface area contributed by atoms with Crippen molar-refractivity contribution in [1.29, 1.82) is 0 Å². The summed E-state index contributed by atoms with van der Waals surface area (Å²) in [5.74, 6) is -9.59. The van der Waals surface area contributed by atoms with Gasteiger partial charge in [0.2, 0.25) is 15.4 Å². The topological polar surface area (TPSA) is 366 Å². The van der Waals surface area contributed by atoms with Crippen molar-refractivity contribution in [2.45, 2.75) is 76.1 Å². The van der Waals surface area contributed by atoms with E-state index in [0.717, 1.165) is 108 Å². The van der Waals surface area contributed by atoms with Gasteiger partial charge in [-0.05, 0) is 158 Å². The molecule has 18 rings (SSSR count). The van der Waals surface area contributed by atoms with Crippen molar-refractivity contribution < 1.29 is 95.8 Å². The highest BCUT2D eigenvalue weighted by Crippen LogP contribution is 2.49. The van der Waals surface area contributed by atoms with E-state index in [1.165, 1.54) is 144 Å². The van der Waals surface area contributed by atoms with Gasteiger partial charge < -0.3 is 34.6 Å². The van der Waals surface area contributed by atoms with Gasteiger partial charge in [0.25, 0.3) is 23.3 Å². The summed E-state index contributed by atoms with van der Waals surface area (Å²) in [7, 11) is 3.78. The molecule has 12 aromatic carbocycles. The molecule has 15 aromatic rings. The molecule has 0 bridgehead atoms. The number of carbonyl (C=O) groups is 10. The average molecular weight is 1940 g/mol. The number of methoxy groups -OCH3 is 3. The summed E-state index contributed by atoms with van der Waals surface area (Å²) in [5.41, 5.74) is 5.91. The van der Waals surface area contributed by atoms with E-state index < -0.39 is 112 Å².